The fourth-order valence-corrected chi connectivity index (χ4v) is 3.43. The normalized spacial score (nSPS) is 20.0. The van der Waals surface area contributed by atoms with E-state index in [0.717, 1.165) is 0 Å². The molecule has 104 valence electrons. The summed E-state index contributed by atoms with van der Waals surface area (Å²) in [5.74, 6) is -0.221. The van der Waals surface area contributed by atoms with E-state index >= 15 is 0 Å². The lowest BCUT2D eigenvalue weighted by Crippen LogP contribution is -2.40. The maximum atomic E-state index is 12.2. The van der Waals surface area contributed by atoms with Crippen molar-refractivity contribution in [1.29, 1.82) is 0 Å². The van der Waals surface area contributed by atoms with E-state index in [-0.39, 0.29) is 23.0 Å². The molecule has 1 atom stereocenters. The van der Waals surface area contributed by atoms with Crippen molar-refractivity contribution in [2.24, 2.45) is 5.73 Å². The summed E-state index contributed by atoms with van der Waals surface area (Å²) in [6, 6.07) is 2.25. The summed E-state index contributed by atoms with van der Waals surface area (Å²) in [7, 11) is -2.14. The Morgan fingerprint density at radius 3 is 2.89 bits per heavy atom. The predicted molar refractivity (Wildman–Crippen MR) is 68.5 cm³/mol. The molecule has 7 nitrogen and oxygen atoms in total. The Morgan fingerprint density at radius 1 is 1.58 bits per heavy atom. The highest BCUT2D eigenvalue weighted by atomic mass is 32.2. The molecule has 1 aliphatic heterocycles. The van der Waals surface area contributed by atoms with Crippen LogP contribution in [0.15, 0.2) is 23.2 Å². The van der Waals surface area contributed by atoms with Gasteiger partial charge in [0, 0.05) is 26.3 Å². The van der Waals surface area contributed by atoms with Gasteiger partial charge < -0.3 is 10.6 Å². The predicted octanol–water partition coefficient (Wildman–Crippen LogP) is -0.951. The molecule has 1 aliphatic rings. The molecule has 2 rings (SSSR count). The van der Waals surface area contributed by atoms with Gasteiger partial charge in [-0.1, -0.05) is 0 Å². The molecule has 1 fully saturated rings. The van der Waals surface area contributed by atoms with Crippen LogP contribution in [0, 0.1) is 0 Å². The monoisotopic (exact) mass is 284 g/mol. The second kappa shape index (κ2) is 5.24. The second-order valence-electron chi connectivity index (χ2n) is 4.37. The number of pyridine rings is 1. The Morgan fingerprint density at radius 2 is 2.32 bits per heavy atom. The number of rotatable bonds is 4. The molecule has 0 bridgehead atoms. The first-order valence-corrected chi connectivity index (χ1v) is 7.35. The van der Waals surface area contributed by atoms with E-state index < -0.39 is 16.1 Å². The number of likely N-dealkylation sites (tertiary alicyclic amines) is 1. The number of nitrogens with zero attached hydrogens (tertiary/aromatic N) is 2. The van der Waals surface area contributed by atoms with Gasteiger partial charge in [0.05, 0.1) is 5.69 Å². The molecule has 1 unspecified atom stereocenters. The lowest BCUT2D eigenvalue weighted by Gasteiger charge is -2.14. The molecular formula is C11H16N4O3S. The van der Waals surface area contributed by atoms with Gasteiger partial charge in [-0.3, -0.25) is 9.78 Å². The number of carbonyl (C=O) groups is 1. The van der Waals surface area contributed by atoms with Gasteiger partial charge in [0.1, 0.15) is 10.9 Å². The zero-order chi connectivity index (χ0) is 14.0. The number of aromatic nitrogens is 1. The molecule has 0 radical (unpaired) electrons. The van der Waals surface area contributed by atoms with Crippen LogP contribution in [0.5, 0.6) is 0 Å². The molecule has 3 N–H and O–H groups in total. The molecule has 19 heavy (non-hydrogen) atoms. The maximum Gasteiger partial charge on any atom is 0.243 e. The summed E-state index contributed by atoms with van der Waals surface area (Å²) in [4.78, 5) is 17.2. The quantitative estimate of drug-likeness (QED) is 0.741. The summed E-state index contributed by atoms with van der Waals surface area (Å²) >= 11 is 0. The molecule has 1 aromatic heterocycles. The van der Waals surface area contributed by atoms with Crippen LogP contribution in [-0.4, -0.2) is 43.8 Å². The van der Waals surface area contributed by atoms with E-state index in [9.17, 15) is 13.2 Å². The summed E-state index contributed by atoms with van der Waals surface area (Å²) in [5.41, 5.74) is 5.76. The second-order valence-corrected chi connectivity index (χ2v) is 6.06. The Kier molecular flexibility index (Phi) is 3.83. The Balaban J connectivity index is 2.26. The van der Waals surface area contributed by atoms with Crippen LogP contribution in [0.25, 0.3) is 0 Å². The Hall–Kier alpha value is -1.51. The first-order chi connectivity index (χ1) is 8.95. The topological polar surface area (TPSA) is 105 Å². The van der Waals surface area contributed by atoms with Gasteiger partial charge in [-0.25, -0.2) is 8.42 Å². The largest absolute Gasteiger partial charge is 0.344 e. The molecule has 1 saturated heterocycles. The van der Waals surface area contributed by atoms with E-state index in [1.807, 2.05) is 0 Å². The number of sulfonamides is 1. The smallest absolute Gasteiger partial charge is 0.243 e. The lowest BCUT2D eigenvalue weighted by molar-refractivity contribution is -0.127. The van der Waals surface area contributed by atoms with E-state index in [1.54, 1.807) is 7.05 Å². The van der Waals surface area contributed by atoms with Crippen LogP contribution in [0.4, 0.5) is 0 Å². The van der Waals surface area contributed by atoms with Gasteiger partial charge in [-0.2, -0.15) is 4.72 Å². The third kappa shape index (κ3) is 2.75. The number of carbonyl (C=O) groups excluding carboxylic acids is 1. The van der Waals surface area contributed by atoms with Crippen molar-refractivity contribution in [1.82, 2.24) is 14.6 Å². The number of likely N-dealkylation sites (N-methyl/N-ethyl adjacent to an activating group) is 1. The zero-order valence-electron chi connectivity index (χ0n) is 10.5. The average molecular weight is 284 g/mol. The Bertz CT molecular complexity index is 587. The first kappa shape index (κ1) is 13.9. The van der Waals surface area contributed by atoms with Gasteiger partial charge in [-0.15, -0.1) is 0 Å². The van der Waals surface area contributed by atoms with Crippen molar-refractivity contribution in [2.45, 2.75) is 23.9 Å². The summed E-state index contributed by atoms with van der Waals surface area (Å²) in [5, 5.41) is 0. The van der Waals surface area contributed by atoms with Crippen LogP contribution < -0.4 is 10.5 Å². The molecule has 1 amide bonds. The summed E-state index contributed by atoms with van der Waals surface area (Å²) in [6.45, 7) is 0.568. The highest BCUT2D eigenvalue weighted by Gasteiger charge is 2.33. The van der Waals surface area contributed by atoms with E-state index in [1.165, 1.54) is 23.2 Å². The molecule has 0 aromatic carbocycles. The van der Waals surface area contributed by atoms with E-state index in [2.05, 4.69) is 9.71 Å². The van der Waals surface area contributed by atoms with Crippen molar-refractivity contribution in [2.75, 3.05) is 13.6 Å². The number of nitrogens with one attached hydrogen (secondary N) is 1. The first-order valence-electron chi connectivity index (χ1n) is 5.87. The van der Waals surface area contributed by atoms with Crippen molar-refractivity contribution in [3.8, 4) is 0 Å². The number of nitrogens with two attached hydrogens (primary N) is 1. The number of amides is 1. The van der Waals surface area contributed by atoms with Crippen LogP contribution >= 0.6 is 0 Å². The van der Waals surface area contributed by atoms with Crippen molar-refractivity contribution in [3.05, 3.63) is 24.0 Å². The minimum Gasteiger partial charge on any atom is -0.344 e. The highest BCUT2D eigenvalue weighted by Crippen LogP contribution is 2.16. The minimum absolute atomic E-state index is 0.0234. The summed E-state index contributed by atoms with van der Waals surface area (Å²) in [6.07, 6.45) is 1.95. The fourth-order valence-electron chi connectivity index (χ4n) is 2.00. The SMILES string of the molecule is CN1CCC(NS(=O)(=O)c2cccnc2CN)C1=O. The van der Waals surface area contributed by atoms with Gasteiger partial charge in [0.15, 0.2) is 0 Å². The number of hydrogen-bond acceptors (Lipinski definition) is 5. The van der Waals surface area contributed by atoms with Crippen molar-refractivity contribution >= 4 is 15.9 Å². The molecule has 0 spiro atoms. The minimum atomic E-state index is -3.78. The van der Waals surface area contributed by atoms with Gasteiger partial charge in [0.25, 0.3) is 0 Å². The Labute approximate surface area is 111 Å². The third-order valence-electron chi connectivity index (χ3n) is 3.06. The van der Waals surface area contributed by atoms with Gasteiger partial charge in [-0.05, 0) is 18.6 Å². The zero-order valence-corrected chi connectivity index (χ0v) is 11.4. The van der Waals surface area contributed by atoms with E-state index in [0.29, 0.717) is 13.0 Å². The van der Waals surface area contributed by atoms with Gasteiger partial charge >= 0.3 is 0 Å². The van der Waals surface area contributed by atoms with Crippen molar-refractivity contribution in [3.63, 3.8) is 0 Å². The third-order valence-corrected chi connectivity index (χ3v) is 4.60. The van der Waals surface area contributed by atoms with Crippen LogP contribution in [0.1, 0.15) is 12.1 Å². The molecule has 0 aliphatic carbocycles. The highest BCUT2D eigenvalue weighted by molar-refractivity contribution is 7.89. The van der Waals surface area contributed by atoms with E-state index in [4.69, 9.17) is 5.73 Å². The average Bonchev–Trinajstić information content (AvgIpc) is 2.70. The molecular weight excluding hydrogens is 268 g/mol. The van der Waals surface area contributed by atoms with Gasteiger partial charge in [0.2, 0.25) is 15.9 Å². The molecule has 1 aromatic rings. The standard InChI is InChI=1S/C11H16N4O3S/c1-15-6-4-8(11(15)16)14-19(17,18)10-3-2-5-13-9(10)7-12/h2-3,5,8,14H,4,6-7,12H2,1H3. The van der Waals surface area contributed by atoms with Crippen LogP contribution in [0.2, 0.25) is 0 Å². The fraction of sp³-hybridized carbons (Fsp3) is 0.455. The molecule has 8 heteroatoms. The van der Waals surface area contributed by atoms with Crippen molar-refractivity contribution < 1.29 is 13.2 Å². The summed E-state index contributed by atoms with van der Waals surface area (Å²) < 4.78 is 26.9. The van der Waals surface area contributed by atoms with Crippen LogP contribution in [0.3, 0.4) is 0 Å². The molecule has 0 saturated carbocycles. The number of hydrogen-bond donors (Lipinski definition) is 2. The maximum absolute atomic E-state index is 12.2. The van der Waals surface area contributed by atoms with Crippen LogP contribution in [-0.2, 0) is 21.4 Å². The lowest BCUT2D eigenvalue weighted by atomic mass is 10.3. The molecule has 2 heterocycles.